The number of carboxylic acids is 1. The normalized spacial score (nSPS) is 17.5. The molecule has 0 bridgehead atoms. The van der Waals surface area contributed by atoms with Crippen LogP contribution in [0.1, 0.15) is 29.0 Å². The third kappa shape index (κ3) is 5.46. The van der Waals surface area contributed by atoms with Gasteiger partial charge in [-0.25, -0.2) is 0 Å². The lowest BCUT2D eigenvalue weighted by atomic mass is 10.1. The van der Waals surface area contributed by atoms with Gasteiger partial charge < -0.3 is 20.0 Å². The smallest absolute Gasteiger partial charge is 0.307 e. The van der Waals surface area contributed by atoms with Crippen LogP contribution in [-0.2, 0) is 16.2 Å². The summed E-state index contributed by atoms with van der Waals surface area (Å²) < 4.78 is 5.89. The van der Waals surface area contributed by atoms with Gasteiger partial charge in [0, 0.05) is 17.8 Å². The number of nitrogens with zero attached hydrogens (tertiary/aromatic N) is 1. The lowest BCUT2D eigenvalue weighted by Gasteiger charge is -2.11. The fourth-order valence-corrected chi connectivity index (χ4v) is 3.65. The lowest BCUT2D eigenvalue weighted by molar-refractivity contribution is -0.138. The highest BCUT2D eigenvalue weighted by Crippen LogP contribution is 2.47. The molecular formula is C26H26N2O4. The SMILES string of the molecule is CO/N=C(/COc1ccc(CNc2ccc(C3CC3C(=O)O)cc2)cc1)c1ccccc1. The van der Waals surface area contributed by atoms with E-state index in [4.69, 9.17) is 14.7 Å². The predicted molar refractivity (Wildman–Crippen MR) is 124 cm³/mol. The Hall–Kier alpha value is -3.80. The van der Waals surface area contributed by atoms with Crippen LogP contribution in [0, 0.1) is 5.92 Å². The molecule has 4 rings (SSSR count). The second-order valence-electron chi connectivity index (χ2n) is 7.78. The molecule has 1 fully saturated rings. The first-order valence-electron chi connectivity index (χ1n) is 10.6. The second-order valence-corrected chi connectivity index (χ2v) is 7.78. The van der Waals surface area contributed by atoms with Crippen molar-refractivity contribution in [1.82, 2.24) is 0 Å². The zero-order chi connectivity index (χ0) is 22.3. The van der Waals surface area contributed by atoms with Crippen molar-refractivity contribution in [2.75, 3.05) is 19.0 Å². The first-order valence-corrected chi connectivity index (χ1v) is 10.6. The Bertz CT molecular complexity index is 1060. The number of hydrogen-bond acceptors (Lipinski definition) is 5. The van der Waals surface area contributed by atoms with Crippen LogP contribution in [0.15, 0.2) is 84.0 Å². The maximum Gasteiger partial charge on any atom is 0.307 e. The zero-order valence-corrected chi connectivity index (χ0v) is 17.9. The molecule has 6 nitrogen and oxygen atoms in total. The van der Waals surface area contributed by atoms with Crippen LogP contribution >= 0.6 is 0 Å². The Morgan fingerprint density at radius 1 is 1.03 bits per heavy atom. The molecule has 1 saturated carbocycles. The maximum atomic E-state index is 11.0. The van der Waals surface area contributed by atoms with E-state index in [9.17, 15) is 4.79 Å². The first kappa shape index (κ1) is 21.4. The van der Waals surface area contributed by atoms with Gasteiger partial charge in [-0.05, 0) is 47.7 Å². The fourth-order valence-electron chi connectivity index (χ4n) is 3.65. The largest absolute Gasteiger partial charge is 0.487 e. The van der Waals surface area contributed by atoms with E-state index < -0.39 is 5.97 Å². The number of aliphatic carboxylic acids is 1. The number of rotatable bonds is 10. The standard InChI is InChI=1S/C26H26N2O4/c1-31-28-25(20-5-3-2-4-6-20)17-32-22-13-7-18(8-14-22)16-27-21-11-9-19(10-12-21)23-15-24(23)26(29)30/h2-14,23-24,27H,15-17H2,1H3,(H,29,30)/b28-25-. The van der Waals surface area contributed by atoms with Crippen LogP contribution < -0.4 is 10.1 Å². The topological polar surface area (TPSA) is 80.2 Å². The molecule has 0 heterocycles. The number of carboxylic acid groups (broad SMARTS) is 1. The molecule has 6 heteroatoms. The van der Waals surface area contributed by atoms with E-state index in [1.165, 1.54) is 7.11 Å². The Morgan fingerprint density at radius 3 is 2.38 bits per heavy atom. The summed E-state index contributed by atoms with van der Waals surface area (Å²) in [5.41, 5.74) is 4.91. The van der Waals surface area contributed by atoms with Gasteiger partial charge in [0.25, 0.3) is 0 Å². The van der Waals surface area contributed by atoms with Crippen molar-refractivity contribution in [3.8, 4) is 5.75 Å². The third-order valence-corrected chi connectivity index (χ3v) is 5.55. The summed E-state index contributed by atoms with van der Waals surface area (Å²) in [5, 5.41) is 16.5. The Kier molecular flexibility index (Phi) is 6.70. The first-order chi connectivity index (χ1) is 15.6. The highest BCUT2D eigenvalue weighted by atomic mass is 16.6. The van der Waals surface area contributed by atoms with Gasteiger partial charge in [-0.3, -0.25) is 4.79 Å². The predicted octanol–water partition coefficient (Wildman–Crippen LogP) is 4.92. The van der Waals surface area contributed by atoms with Gasteiger partial charge in [0.2, 0.25) is 0 Å². The van der Waals surface area contributed by atoms with E-state index in [2.05, 4.69) is 10.5 Å². The zero-order valence-electron chi connectivity index (χ0n) is 17.9. The van der Waals surface area contributed by atoms with Crippen molar-refractivity contribution in [3.63, 3.8) is 0 Å². The molecule has 3 aromatic rings. The summed E-state index contributed by atoms with van der Waals surface area (Å²) in [6.07, 6.45) is 0.737. The van der Waals surface area contributed by atoms with Crippen molar-refractivity contribution >= 4 is 17.4 Å². The summed E-state index contributed by atoms with van der Waals surface area (Å²) in [6, 6.07) is 25.8. The van der Waals surface area contributed by atoms with Crippen molar-refractivity contribution < 1.29 is 19.5 Å². The molecule has 2 unspecified atom stereocenters. The lowest BCUT2D eigenvalue weighted by Crippen LogP contribution is -2.13. The summed E-state index contributed by atoms with van der Waals surface area (Å²) in [6.45, 7) is 0.993. The van der Waals surface area contributed by atoms with E-state index in [1.54, 1.807) is 0 Å². The monoisotopic (exact) mass is 430 g/mol. The molecule has 0 radical (unpaired) electrons. The Morgan fingerprint density at radius 2 is 1.75 bits per heavy atom. The summed E-state index contributed by atoms with van der Waals surface area (Å²) >= 11 is 0. The molecule has 0 saturated heterocycles. The number of benzene rings is 3. The van der Waals surface area contributed by atoms with Crippen LogP contribution in [0.25, 0.3) is 0 Å². The Balaban J connectivity index is 1.27. The summed E-state index contributed by atoms with van der Waals surface area (Å²) in [4.78, 5) is 16.0. The van der Waals surface area contributed by atoms with Gasteiger partial charge >= 0.3 is 5.97 Å². The Labute approximate surface area is 187 Å². The van der Waals surface area contributed by atoms with Crippen molar-refractivity contribution in [2.24, 2.45) is 11.1 Å². The van der Waals surface area contributed by atoms with Gasteiger partial charge in [0.1, 0.15) is 25.2 Å². The highest BCUT2D eigenvalue weighted by Gasteiger charge is 2.43. The van der Waals surface area contributed by atoms with E-state index in [0.29, 0.717) is 13.2 Å². The van der Waals surface area contributed by atoms with Gasteiger partial charge in [-0.2, -0.15) is 0 Å². The number of nitrogens with one attached hydrogen (secondary N) is 1. The molecule has 0 aromatic heterocycles. The molecular weight excluding hydrogens is 404 g/mol. The number of hydrogen-bond donors (Lipinski definition) is 2. The van der Waals surface area contributed by atoms with Crippen LogP contribution in [0.5, 0.6) is 5.75 Å². The average molecular weight is 431 g/mol. The van der Waals surface area contributed by atoms with Crippen LogP contribution in [0.4, 0.5) is 5.69 Å². The molecule has 1 aliphatic rings. The van der Waals surface area contributed by atoms with Gasteiger partial charge in [0.05, 0.1) is 5.92 Å². The van der Waals surface area contributed by atoms with Crippen molar-refractivity contribution in [1.29, 1.82) is 0 Å². The van der Waals surface area contributed by atoms with Gasteiger partial charge in [-0.1, -0.05) is 59.8 Å². The quantitative estimate of drug-likeness (QED) is 0.353. The average Bonchev–Trinajstić information content (AvgIpc) is 3.63. The molecule has 3 aromatic carbocycles. The van der Waals surface area contributed by atoms with E-state index >= 15 is 0 Å². The highest BCUT2D eigenvalue weighted by molar-refractivity contribution is 6.01. The van der Waals surface area contributed by atoms with E-state index in [0.717, 1.165) is 40.3 Å². The van der Waals surface area contributed by atoms with Crippen LogP contribution in [-0.4, -0.2) is 30.5 Å². The molecule has 164 valence electrons. The maximum absolute atomic E-state index is 11.0. The third-order valence-electron chi connectivity index (χ3n) is 5.55. The number of oxime groups is 1. The van der Waals surface area contributed by atoms with E-state index in [-0.39, 0.29) is 11.8 Å². The summed E-state index contributed by atoms with van der Waals surface area (Å²) in [7, 11) is 1.52. The molecule has 2 N–H and O–H groups in total. The van der Waals surface area contributed by atoms with Crippen LogP contribution in [0.3, 0.4) is 0 Å². The molecule has 32 heavy (non-hydrogen) atoms. The molecule has 0 amide bonds. The van der Waals surface area contributed by atoms with Crippen LogP contribution in [0.2, 0.25) is 0 Å². The fraction of sp³-hybridized carbons (Fsp3) is 0.231. The number of anilines is 1. The second kappa shape index (κ2) is 10.0. The van der Waals surface area contributed by atoms with Crippen molar-refractivity contribution in [2.45, 2.75) is 18.9 Å². The van der Waals surface area contributed by atoms with Gasteiger partial charge in [-0.15, -0.1) is 0 Å². The van der Waals surface area contributed by atoms with Crippen molar-refractivity contribution in [3.05, 3.63) is 95.6 Å². The molecule has 1 aliphatic carbocycles. The minimum atomic E-state index is -0.702. The minimum absolute atomic E-state index is 0.158. The van der Waals surface area contributed by atoms with E-state index in [1.807, 2.05) is 78.9 Å². The number of carbonyl (C=O) groups is 1. The summed E-state index contributed by atoms with van der Waals surface area (Å²) in [5.74, 6) is -0.00771. The number of ether oxygens (including phenoxy) is 1. The molecule has 0 spiro atoms. The minimum Gasteiger partial charge on any atom is -0.487 e. The molecule has 2 atom stereocenters. The van der Waals surface area contributed by atoms with Gasteiger partial charge in [0.15, 0.2) is 0 Å². The molecule has 0 aliphatic heterocycles.